The minimum atomic E-state index is -0.196. The molecule has 0 aliphatic carbocycles. The molecule has 1 N–H and O–H groups in total. The van der Waals surface area contributed by atoms with Crippen molar-refractivity contribution >= 4 is 0 Å². The molecule has 1 aromatic rings. The summed E-state index contributed by atoms with van der Waals surface area (Å²) in [7, 11) is 3.57. The second kappa shape index (κ2) is 4.80. The number of benzene rings is 1. The standard InChI is InChI=1S/C12H17FN2O/c1-15(10-6-14-7-10)8-9-3-4-11(16-2)5-12(9)13/h3-5,10,14H,6-8H2,1-2H3. The van der Waals surface area contributed by atoms with E-state index in [0.29, 0.717) is 18.3 Å². The number of hydrogen-bond donors (Lipinski definition) is 1. The van der Waals surface area contributed by atoms with Gasteiger partial charge >= 0.3 is 0 Å². The van der Waals surface area contributed by atoms with Crippen LogP contribution in [-0.4, -0.2) is 38.2 Å². The fraction of sp³-hybridized carbons (Fsp3) is 0.500. The molecule has 3 nitrogen and oxygen atoms in total. The van der Waals surface area contributed by atoms with Gasteiger partial charge < -0.3 is 10.1 Å². The highest BCUT2D eigenvalue weighted by molar-refractivity contribution is 5.28. The highest BCUT2D eigenvalue weighted by Gasteiger charge is 2.22. The van der Waals surface area contributed by atoms with Crippen LogP contribution in [0.1, 0.15) is 5.56 Å². The predicted octanol–water partition coefficient (Wildman–Crippen LogP) is 1.24. The van der Waals surface area contributed by atoms with Crippen LogP contribution in [0.3, 0.4) is 0 Å². The van der Waals surface area contributed by atoms with Gasteiger partial charge in [0.15, 0.2) is 0 Å². The highest BCUT2D eigenvalue weighted by atomic mass is 19.1. The Kier molecular flexibility index (Phi) is 3.41. The summed E-state index contributed by atoms with van der Waals surface area (Å²) >= 11 is 0. The van der Waals surface area contributed by atoms with E-state index in [1.165, 1.54) is 6.07 Å². The highest BCUT2D eigenvalue weighted by Crippen LogP contribution is 2.18. The molecule has 0 aromatic heterocycles. The average molecular weight is 224 g/mol. The van der Waals surface area contributed by atoms with E-state index in [-0.39, 0.29) is 5.82 Å². The Labute approximate surface area is 95.2 Å². The van der Waals surface area contributed by atoms with Crippen LogP contribution < -0.4 is 10.1 Å². The Morgan fingerprint density at radius 3 is 2.75 bits per heavy atom. The van der Waals surface area contributed by atoms with Gasteiger partial charge in [-0.3, -0.25) is 4.90 Å². The van der Waals surface area contributed by atoms with Gasteiger partial charge in [0.25, 0.3) is 0 Å². The molecule has 1 saturated heterocycles. The summed E-state index contributed by atoms with van der Waals surface area (Å²) in [5.74, 6) is 0.368. The first-order chi connectivity index (χ1) is 7.70. The number of methoxy groups -OCH3 is 1. The smallest absolute Gasteiger partial charge is 0.131 e. The first-order valence-corrected chi connectivity index (χ1v) is 5.44. The van der Waals surface area contributed by atoms with Gasteiger partial charge in [-0.05, 0) is 13.1 Å². The lowest BCUT2D eigenvalue weighted by atomic mass is 10.1. The Hall–Kier alpha value is -1.13. The Morgan fingerprint density at radius 1 is 1.50 bits per heavy atom. The van der Waals surface area contributed by atoms with Crippen molar-refractivity contribution in [1.29, 1.82) is 0 Å². The molecule has 1 fully saturated rings. The van der Waals surface area contributed by atoms with Crippen LogP contribution in [0.2, 0.25) is 0 Å². The maximum absolute atomic E-state index is 13.7. The first-order valence-electron chi connectivity index (χ1n) is 5.44. The molecule has 2 rings (SSSR count). The van der Waals surface area contributed by atoms with Crippen molar-refractivity contribution in [2.75, 3.05) is 27.2 Å². The van der Waals surface area contributed by atoms with Crippen LogP contribution in [0, 0.1) is 5.82 Å². The van der Waals surface area contributed by atoms with Crippen LogP contribution in [0.15, 0.2) is 18.2 Å². The van der Waals surface area contributed by atoms with Gasteiger partial charge in [-0.1, -0.05) is 6.07 Å². The zero-order chi connectivity index (χ0) is 11.5. The molecule has 1 aliphatic rings. The average Bonchev–Trinajstić information content (AvgIpc) is 2.18. The first kappa shape index (κ1) is 11.4. The fourth-order valence-corrected chi connectivity index (χ4v) is 1.77. The molecule has 16 heavy (non-hydrogen) atoms. The van der Waals surface area contributed by atoms with Crippen LogP contribution in [0.4, 0.5) is 4.39 Å². The van der Waals surface area contributed by atoms with E-state index in [1.54, 1.807) is 19.2 Å². The minimum absolute atomic E-state index is 0.196. The molecule has 1 heterocycles. The third-order valence-corrected chi connectivity index (χ3v) is 3.06. The van der Waals surface area contributed by atoms with Gasteiger partial charge in [0.05, 0.1) is 7.11 Å². The van der Waals surface area contributed by atoms with Gasteiger partial charge in [-0.2, -0.15) is 0 Å². The van der Waals surface area contributed by atoms with E-state index >= 15 is 0 Å². The number of likely N-dealkylation sites (N-methyl/N-ethyl adjacent to an activating group) is 1. The van der Waals surface area contributed by atoms with Gasteiger partial charge in [-0.25, -0.2) is 4.39 Å². The number of nitrogens with zero attached hydrogens (tertiary/aromatic N) is 1. The summed E-state index contributed by atoms with van der Waals surface area (Å²) in [6, 6.07) is 5.55. The van der Waals surface area contributed by atoms with Crippen molar-refractivity contribution in [3.05, 3.63) is 29.6 Å². The van der Waals surface area contributed by atoms with Gasteiger partial charge in [0, 0.05) is 37.3 Å². The summed E-state index contributed by atoms with van der Waals surface area (Å²) in [4.78, 5) is 2.17. The maximum Gasteiger partial charge on any atom is 0.131 e. The van der Waals surface area contributed by atoms with E-state index in [0.717, 1.165) is 18.7 Å². The maximum atomic E-state index is 13.7. The summed E-state index contributed by atoms with van der Waals surface area (Å²) < 4.78 is 18.6. The quantitative estimate of drug-likeness (QED) is 0.832. The van der Waals surface area contributed by atoms with Crippen molar-refractivity contribution in [1.82, 2.24) is 10.2 Å². The van der Waals surface area contributed by atoms with E-state index in [2.05, 4.69) is 10.2 Å². The van der Waals surface area contributed by atoms with Crippen LogP contribution >= 0.6 is 0 Å². The van der Waals surface area contributed by atoms with E-state index in [4.69, 9.17) is 4.74 Å². The van der Waals surface area contributed by atoms with Gasteiger partial charge in [-0.15, -0.1) is 0 Å². The molecular weight excluding hydrogens is 207 g/mol. The Balaban J connectivity index is 2.03. The molecule has 0 amide bonds. The number of ether oxygens (including phenoxy) is 1. The monoisotopic (exact) mass is 224 g/mol. The number of halogens is 1. The predicted molar refractivity (Wildman–Crippen MR) is 61.1 cm³/mol. The topological polar surface area (TPSA) is 24.5 Å². The second-order valence-electron chi connectivity index (χ2n) is 4.18. The normalized spacial score (nSPS) is 16.2. The summed E-state index contributed by atoms with van der Waals surface area (Å²) in [6.45, 7) is 2.63. The lowest BCUT2D eigenvalue weighted by Crippen LogP contribution is -2.55. The zero-order valence-electron chi connectivity index (χ0n) is 9.66. The molecule has 0 unspecified atom stereocenters. The SMILES string of the molecule is COc1ccc(CN(C)C2CNC2)c(F)c1. The molecule has 1 aromatic carbocycles. The summed E-state index contributed by atoms with van der Waals surface area (Å²) in [5.41, 5.74) is 0.718. The molecule has 0 radical (unpaired) electrons. The Bertz CT molecular complexity index is 366. The third kappa shape index (κ3) is 2.33. The summed E-state index contributed by atoms with van der Waals surface area (Å²) in [6.07, 6.45) is 0. The molecule has 0 saturated carbocycles. The molecule has 0 atom stereocenters. The Morgan fingerprint density at radius 2 is 2.25 bits per heavy atom. The molecule has 1 aliphatic heterocycles. The van der Waals surface area contributed by atoms with Crippen molar-refractivity contribution in [2.45, 2.75) is 12.6 Å². The van der Waals surface area contributed by atoms with Gasteiger partial charge in [0.2, 0.25) is 0 Å². The molecule has 0 spiro atoms. The molecule has 88 valence electrons. The van der Waals surface area contributed by atoms with Crippen molar-refractivity contribution in [2.24, 2.45) is 0 Å². The van der Waals surface area contributed by atoms with Crippen LogP contribution in [0.5, 0.6) is 5.75 Å². The zero-order valence-corrected chi connectivity index (χ0v) is 9.66. The van der Waals surface area contributed by atoms with Crippen molar-refractivity contribution in [3.8, 4) is 5.75 Å². The lowest BCUT2D eigenvalue weighted by Gasteiger charge is -2.35. The number of rotatable bonds is 4. The molecular formula is C12H17FN2O. The van der Waals surface area contributed by atoms with Crippen molar-refractivity contribution < 1.29 is 9.13 Å². The van der Waals surface area contributed by atoms with Crippen LogP contribution in [0.25, 0.3) is 0 Å². The van der Waals surface area contributed by atoms with Gasteiger partial charge in [0.1, 0.15) is 11.6 Å². The molecule has 0 bridgehead atoms. The second-order valence-corrected chi connectivity index (χ2v) is 4.18. The van der Waals surface area contributed by atoms with Crippen molar-refractivity contribution in [3.63, 3.8) is 0 Å². The number of hydrogen-bond acceptors (Lipinski definition) is 3. The van der Waals surface area contributed by atoms with E-state index in [9.17, 15) is 4.39 Å². The fourth-order valence-electron chi connectivity index (χ4n) is 1.77. The largest absolute Gasteiger partial charge is 0.497 e. The summed E-state index contributed by atoms with van der Waals surface area (Å²) in [5, 5.41) is 3.21. The number of nitrogens with one attached hydrogen (secondary N) is 1. The van der Waals surface area contributed by atoms with Crippen LogP contribution in [-0.2, 0) is 6.54 Å². The van der Waals surface area contributed by atoms with E-state index < -0.39 is 0 Å². The van der Waals surface area contributed by atoms with E-state index in [1.807, 2.05) is 7.05 Å². The molecule has 4 heteroatoms. The minimum Gasteiger partial charge on any atom is -0.497 e. The third-order valence-electron chi connectivity index (χ3n) is 3.06. The lowest BCUT2D eigenvalue weighted by molar-refractivity contribution is 0.171.